The molecule has 0 aliphatic heterocycles. The highest BCUT2D eigenvalue weighted by Crippen LogP contribution is 2.09. The lowest BCUT2D eigenvalue weighted by Gasteiger charge is -2.20. The summed E-state index contributed by atoms with van der Waals surface area (Å²) in [7, 11) is 3.94. The highest BCUT2D eigenvalue weighted by atomic mass is 16.5. The number of unbranched alkanes of at least 4 members (excludes halogenated alkanes) is 1. The minimum absolute atomic E-state index is 0.642. The Morgan fingerprint density at radius 1 is 1.15 bits per heavy atom. The Morgan fingerprint density at radius 2 is 1.85 bits per heavy atom. The van der Waals surface area contributed by atoms with Gasteiger partial charge in [-0.25, -0.2) is 0 Å². The summed E-state index contributed by atoms with van der Waals surface area (Å²) in [5.41, 5.74) is 2.62. The van der Waals surface area contributed by atoms with Crippen molar-refractivity contribution in [1.29, 1.82) is 0 Å². The van der Waals surface area contributed by atoms with E-state index < -0.39 is 0 Å². The Balaban J connectivity index is 2.18. The smallest absolute Gasteiger partial charge is 0.0716 e. The zero-order valence-corrected chi connectivity index (χ0v) is 13.5. The van der Waals surface area contributed by atoms with E-state index in [2.05, 4.69) is 55.4 Å². The molecule has 1 N–H and O–H groups in total. The van der Waals surface area contributed by atoms with E-state index >= 15 is 0 Å². The Labute approximate surface area is 124 Å². The number of nitrogens with zero attached hydrogens (tertiary/aromatic N) is 1. The Morgan fingerprint density at radius 3 is 2.50 bits per heavy atom. The second-order valence-electron chi connectivity index (χ2n) is 5.66. The first kappa shape index (κ1) is 17.2. The highest BCUT2D eigenvalue weighted by Gasteiger charge is 2.03. The van der Waals surface area contributed by atoms with Crippen molar-refractivity contribution < 1.29 is 4.74 Å². The molecule has 1 aromatic rings. The lowest BCUT2D eigenvalue weighted by molar-refractivity contribution is 0.184. The Hall–Kier alpha value is -0.900. The number of hydrogen-bond donors (Lipinski definition) is 1. The number of ether oxygens (including phenoxy) is 1. The molecule has 3 heteroatoms. The fraction of sp³-hybridized carbons (Fsp3) is 0.647. The average Bonchev–Trinajstić information content (AvgIpc) is 2.44. The van der Waals surface area contributed by atoms with Crippen LogP contribution in [0.15, 0.2) is 24.3 Å². The topological polar surface area (TPSA) is 24.5 Å². The van der Waals surface area contributed by atoms with Crippen LogP contribution < -0.4 is 5.32 Å². The van der Waals surface area contributed by atoms with Crippen LogP contribution >= 0.6 is 0 Å². The maximum Gasteiger partial charge on any atom is 0.0716 e. The number of benzene rings is 1. The Bertz CT molecular complexity index is 366. The van der Waals surface area contributed by atoms with E-state index in [-0.39, 0.29) is 0 Å². The summed E-state index contributed by atoms with van der Waals surface area (Å²) >= 11 is 0. The van der Waals surface area contributed by atoms with E-state index in [9.17, 15) is 0 Å². The molecule has 0 amide bonds. The molecule has 0 radical (unpaired) electrons. The molecule has 20 heavy (non-hydrogen) atoms. The summed E-state index contributed by atoms with van der Waals surface area (Å²) < 4.78 is 5.23. The van der Waals surface area contributed by atoms with Gasteiger partial charge in [0.05, 0.1) is 6.61 Å². The first-order chi connectivity index (χ1) is 9.65. The average molecular weight is 278 g/mol. The van der Waals surface area contributed by atoms with Crippen molar-refractivity contribution in [3.63, 3.8) is 0 Å². The molecule has 0 saturated carbocycles. The van der Waals surface area contributed by atoms with E-state index in [1.807, 2.05) is 0 Å². The monoisotopic (exact) mass is 278 g/mol. The molecule has 0 aliphatic rings. The summed E-state index contributed by atoms with van der Waals surface area (Å²) in [6, 6.07) is 9.11. The van der Waals surface area contributed by atoms with Crippen LogP contribution in [0, 0.1) is 0 Å². The maximum absolute atomic E-state index is 5.23. The van der Waals surface area contributed by atoms with Gasteiger partial charge in [0.2, 0.25) is 0 Å². The van der Waals surface area contributed by atoms with Crippen molar-refractivity contribution in [2.75, 3.05) is 27.2 Å². The summed E-state index contributed by atoms with van der Waals surface area (Å²) in [6.45, 7) is 8.36. The van der Waals surface area contributed by atoms with Gasteiger partial charge in [-0.05, 0) is 58.0 Å². The molecule has 3 nitrogen and oxygen atoms in total. The van der Waals surface area contributed by atoms with Gasteiger partial charge in [0.15, 0.2) is 0 Å². The fourth-order valence-corrected chi connectivity index (χ4v) is 2.12. The molecule has 0 aromatic heterocycles. The van der Waals surface area contributed by atoms with E-state index in [4.69, 9.17) is 4.74 Å². The largest absolute Gasteiger partial charge is 0.380 e. The van der Waals surface area contributed by atoms with Crippen molar-refractivity contribution in [1.82, 2.24) is 10.2 Å². The van der Waals surface area contributed by atoms with E-state index in [1.165, 1.54) is 30.5 Å². The van der Waals surface area contributed by atoms with Crippen LogP contribution in [0.5, 0.6) is 0 Å². The van der Waals surface area contributed by atoms with Gasteiger partial charge in [0.25, 0.3) is 0 Å². The second kappa shape index (κ2) is 9.92. The molecular formula is C17H30N2O. The zero-order valence-electron chi connectivity index (χ0n) is 13.5. The molecular weight excluding hydrogens is 248 g/mol. The van der Waals surface area contributed by atoms with Crippen molar-refractivity contribution in [3.8, 4) is 0 Å². The van der Waals surface area contributed by atoms with Crippen molar-refractivity contribution in [3.05, 3.63) is 35.4 Å². The predicted molar refractivity (Wildman–Crippen MR) is 85.9 cm³/mol. The van der Waals surface area contributed by atoms with E-state index in [1.54, 1.807) is 7.11 Å². The molecule has 0 fully saturated rings. The van der Waals surface area contributed by atoms with Gasteiger partial charge < -0.3 is 15.0 Å². The lowest BCUT2D eigenvalue weighted by atomic mass is 10.1. The van der Waals surface area contributed by atoms with Crippen molar-refractivity contribution in [2.45, 2.75) is 45.9 Å². The number of methoxy groups -OCH3 is 1. The van der Waals surface area contributed by atoms with Crippen LogP contribution in [-0.4, -0.2) is 38.2 Å². The van der Waals surface area contributed by atoms with Crippen LogP contribution in [0.2, 0.25) is 0 Å². The van der Waals surface area contributed by atoms with Crippen molar-refractivity contribution in [2.24, 2.45) is 0 Å². The maximum atomic E-state index is 5.23. The third kappa shape index (κ3) is 6.51. The Kier molecular flexibility index (Phi) is 8.51. The fourth-order valence-electron chi connectivity index (χ4n) is 2.12. The predicted octanol–water partition coefficient (Wildman–Crippen LogP) is 3.04. The molecule has 1 aromatic carbocycles. The van der Waals surface area contributed by atoms with E-state index in [0.717, 1.165) is 13.1 Å². The van der Waals surface area contributed by atoms with Crippen molar-refractivity contribution >= 4 is 0 Å². The third-order valence-electron chi connectivity index (χ3n) is 3.73. The lowest BCUT2D eigenvalue weighted by Crippen LogP contribution is -2.27. The molecule has 0 heterocycles. The van der Waals surface area contributed by atoms with E-state index in [0.29, 0.717) is 12.6 Å². The molecule has 0 bridgehead atoms. The molecule has 1 rings (SSSR count). The molecule has 0 spiro atoms. The molecule has 0 saturated heterocycles. The molecule has 114 valence electrons. The van der Waals surface area contributed by atoms with Gasteiger partial charge in [-0.1, -0.05) is 24.3 Å². The standard InChI is InChI=1S/C17H30N2O/c1-15(2)19(3)12-8-7-11-18-13-16-9-5-6-10-17(16)14-20-4/h5-6,9-10,15,18H,7-8,11-14H2,1-4H3. The summed E-state index contributed by atoms with van der Waals surface area (Å²) in [4.78, 5) is 2.40. The van der Waals surface area contributed by atoms with Crippen LogP contribution in [0.4, 0.5) is 0 Å². The van der Waals surface area contributed by atoms with Gasteiger partial charge in [0, 0.05) is 19.7 Å². The van der Waals surface area contributed by atoms with Crippen LogP contribution in [0.1, 0.15) is 37.8 Å². The highest BCUT2D eigenvalue weighted by molar-refractivity contribution is 5.26. The second-order valence-corrected chi connectivity index (χ2v) is 5.66. The molecule has 0 unspecified atom stereocenters. The number of hydrogen-bond acceptors (Lipinski definition) is 3. The summed E-state index contributed by atoms with van der Waals surface area (Å²) in [5, 5.41) is 3.53. The van der Waals surface area contributed by atoms with Gasteiger partial charge in [-0.2, -0.15) is 0 Å². The number of nitrogens with one attached hydrogen (secondary N) is 1. The van der Waals surface area contributed by atoms with Crippen LogP contribution in [0.3, 0.4) is 0 Å². The summed E-state index contributed by atoms with van der Waals surface area (Å²) in [5.74, 6) is 0. The minimum Gasteiger partial charge on any atom is -0.380 e. The van der Waals surface area contributed by atoms with Gasteiger partial charge >= 0.3 is 0 Å². The summed E-state index contributed by atoms with van der Waals surface area (Å²) in [6.07, 6.45) is 2.48. The first-order valence-electron chi connectivity index (χ1n) is 7.61. The van der Waals surface area contributed by atoms with Crippen LogP contribution in [0.25, 0.3) is 0 Å². The first-order valence-corrected chi connectivity index (χ1v) is 7.61. The normalized spacial score (nSPS) is 11.5. The minimum atomic E-state index is 0.642. The zero-order chi connectivity index (χ0) is 14.8. The van der Waals surface area contributed by atoms with Gasteiger partial charge in [0.1, 0.15) is 0 Å². The molecule has 0 atom stereocenters. The van der Waals surface area contributed by atoms with Gasteiger partial charge in [-0.3, -0.25) is 0 Å². The van der Waals surface area contributed by atoms with Crippen LogP contribution in [-0.2, 0) is 17.9 Å². The molecule has 0 aliphatic carbocycles. The quantitative estimate of drug-likeness (QED) is 0.666. The SMILES string of the molecule is COCc1ccccc1CNCCCCN(C)C(C)C. The number of rotatable bonds is 10. The van der Waals surface area contributed by atoms with Gasteiger partial charge in [-0.15, -0.1) is 0 Å². The third-order valence-corrected chi connectivity index (χ3v) is 3.73.